The van der Waals surface area contributed by atoms with Crippen LogP contribution < -0.4 is 0 Å². The number of rotatable bonds is 24. The summed E-state index contributed by atoms with van der Waals surface area (Å²) in [5, 5.41) is 0. The predicted molar refractivity (Wildman–Crippen MR) is 168 cm³/mol. The molecule has 0 radical (unpaired) electrons. The maximum absolute atomic E-state index is 9.85. The molecule has 3 aliphatic rings. The Hall–Kier alpha value is -0.330. The van der Waals surface area contributed by atoms with Gasteiger partial charge >= 0.3 is 8.60 Å². The molecule has 4 unspecified atom stereocenters. The molecule has 3 saturated heterocycles. The molecule has 2 N–H and O–H groups in total. The molecule has 4 atom stereocenters. The fourth-order valence-corrected chi connectivity index (χ4v) is 7.75. The SMILES string of the molecule is CCCCC/C=C\C/C=C\CCCCC(CCCCCCCC(C)C)C1(C2(C3(OP(O)O)CCO3)CCO2)CCO1. The fraction of sp³-hybridized carbons (Fsp3) is 0.882. The quantitative estimate of drug-likeness (QED) is 0.0657. The lowest BCUT2D eigenvalue weighted by Crippen LogP contribution is -2.82. The molecule has 238 valence electrons. The summed E-state index contributed by atoms with van der Waals surface area (Å²) in [6.45, 7) is 8.76. The van der Waals surface area contributed by atoms with E-state index in [2.05, 4.69) is 45.1 Å². The van der Waals surface area contributed by atoms with Crippen LogP contribution >= 0.6 is 8.60 Å². The Labute approximate surface area is 252 Å². The van der Waals surface area contributed by atoms with Gasteiger partial charge in [-0.25, -0.2) is 0 Å². The highest BCUT2D eigenvalue weighted by Gasteiger charge is 2.76. The molecular weight excluding hydrogens is 535 g/mol. The van der Waals surface area contributed by atoms with Crippen LogP contribution in [-0.2, 0) is 18.7 Å². The van der Waals surface area contributed by atoms with Gasteiger partial charge in [-0.3, -0.25) is 4.52 Å². The molecule has 0 amide bonds. The van der Waals surface area contributed by atoms with Gasteiger partial charge in [0.15, 0.2) is 5.60 Å². The third kappa shape index (κ3) is 9.58. The molecule has 41 heavy (non-hydrogen) atoms. The first-order chi connectivity index (χ1) is 19.9. The van der Waals surface area contributed by atoms with E-state index in [-0.39, 0.29) is 0 Å². The number of hydrogen-bond acceptors (Lipinski definition) is 6. The normalized spacial score (nSPS) is 28.9. The first-order valence-corrected chi connectivity index (χ1v) is 18.2. The standard InChI is InChI=1S/C34H61O6P/c1-4-5-6-7-8-9-10-11-12-13-16-19-22-31(23-20-17-14-15-18-21-30(2)3)32(24-27-37-32)33(25-28-38-33)34(26-29-39-34)40-41(35)36/h8-9,11-12,30-31,35-36H,4-7,10,13-29H2,1-3H3/b9-8-,12-11-. The Bertz CT molecular complexity index is 754. The van der Waals surface area contributed by atoms with Gasteiger partial charge in [0.25, 0.3) is 0 Å². The minimum Gasteiger partial charge on any atom is -0.371 e. The summed E-state index contributed by atoms with van der Waals surface area (Å²) in [6.07, 6.45) is 31.0. The lowest BCUT2D eigenvalue weighted by Gasteiger charge is -2.69. The lowest BCUT2D eigenvalue weighted by molar-refractivity contribution is -0.452. The van der Waals surface area contributed by atoms with Gasteiger partial charge in [-0.1, -0.05) is 103 Å². The van der Waals surface area contributed by atoms with Crippen molar-refractivity contribution in [2.45, 2.75) is 160 Å². The van der Waals surface area contributed by atoms with Crippen molar-refractivity contribution in [2.75, 3.05) is 19.8 Å². The summed E-state index contributed by atoms with van der Waals surface area (Å²) in [4.78, 5) is 19.7. The van der Waals surface area contributed by atoms with E-state index in [0.29, 0.717) is 32.2 Å². The van der Waals surface area contributed by atoms with E-state index in [1.807, 2.05) is 0 Å². The van der Waals surface area contributed by atoms with E-state index < -0.39 is 25.6 Å². The van der Waals surface area contributed by atoms with Gasteiger partial charge in [-0.2, -0.15) is 0 Å². The molecule has 7 heteroatoms. The smallest absolute Gasteiger partial charge is 0.329 e. The van der Waals surface area contributed by atoms with Crippen molar-refractivity contribution in [2.24, 2.45) is 11.8 Å². The van der Waals surface area contributed by atoms with Crippen molar-refractivity contribution in [3.05, 3.63) is 24.3 Å². The van der Waals surface area contributed by atoms with Crippen LogP contribution in [0.25, 0.3) is 0 Å². The molecule has 6 nitrogen and oxygen atoms in total. The van der Waals surface area contributed by atoms with Crippen molar-refractivity contribution in [3.8, 4) is 0 Å². The average molecular weight is 597 g/mol. The number of allylic oxidation sites excluding steroid dienone is 4. The Kier molecular flexibility index (Phi) is 15.8. The second-order valence-corrected chi connectivity index (χ2v) is 13.7. The van der Waals surface area contributed by atoms with E-state index in [1.54, 1.807) is 0 Å². The molecule has 0 bridgehead atoms. The molecule has 3 fully saturated rings. The van der Waals surface area contributed by atoms with Crippen LogP contribution in [0.4, 0.5) is 0 Å². The molecule has 0 aliphatic carbocycles. The van der Waals surface area contributed by atoms with Gasteiger partial charge in [0, 0.05) is 19.3 Å². The number of hydrogen-bond donors (Lipinski definition) is 2. The van der Waals surface area contributed by atoms with Gasteiger partial charge in [-0.15, -0.1) is 0 Å². The summed E-state index contributed by atoms with van der Waals surface area (Å²) < 4.78 is 24.8. The van der Waals surface area contributed by atoms with Crippen LogP contribution in [-0.4, -0.2) is 46.6 Å². The minimum absolute atomic E-state index is 0.343. The molecule has 0 aromatic heterocycles. The molecule has 3 aliphatic heterocycles. The highest BCUT2D eigenvalue weighted by Crippen LogP contribution is 2.63. The van der Waals surface area contributed by atoms with Crippen LogP contribution in [0.3, 0.4) is 0 Å². The van der Waals surface area contributed by atoms with Crippen molar-refractivity contribution in [1.82, 2.24) is 0 Å². The first-order valence-electron chi connectivity index (χ1n) is 17.0. The van der Waals surface area contributed by atoms with Gasteiger partial charge in [0.05, 0.1) is 19.8 Å². The Morgan fingerprint density at radius 1 is 0.707 bits per heavy atom. The zero-order valence-electron chi connectivity index (χ0n) is 26.5. The molecule has 0 aromatic carbocycles. The van der Waals surface area contributed by atoms with Gasteiger partial charge in [0.2, 0.25) is 5.79 Å². The summed E-state index contributed by atoms with van der Waals surface area (Å²) >= 11 is 0. The van der Waals surface area contributed by atoms with Crippen LogP contribution in [0.1, 0.15) is 143 Å². The summed E-state index contributed by atoms with van der Waals surface area (Å²) in [5.74, 6) is 0.0242. The van der Waals surface area contributed by atoms with Crippen LogP contribution in [0.2, 0.25) is 0 Å². The Balaban J connectivity index is 1.56. The molecular formula is C34H61O6P. The molecule has 3 rings (SSSR count). The highest BCUT2D eigenvalue weighted by atomic mass is 31.2. The number of ether oxygens (including phenoxy) is 3. The third-order valence-corrected chi connectivity index (χ3v) is 10.1. The van der Waals surface area contributed by atoms with Crippen molar-refractivity contribution >= 4 is 8.60 Å². The average Bonchev–Trinajstić information content (AvgIpc) is 2.86. The summed E-state index contributed by atoms with van der Waals surface area (Å²) in [5.41, 5.74) is -1.24. The van der Waals surface area contributed by atoms with Crippen LogP contribution in [0, 0.1) is 11.8 Å². The van der Waals surface area contributed by atoms with Crippen LogP contribution in [0.5, 0.6) is 0 Å². The van der Waals surface area contributed by atoms with E-state index in [9.17, 15) is 9.79 Å². The maximum atomic E-state index is 9.85. The van der Waals surface area contributed by atoms with Gasteiger partial charge in [-0.05, 0) is 56.8 Å². The lowest BCUT2D eigenvalue weighted by atomic mass is 9.58. The molecule has 0 aromatic rings. The fourth-order valence-electron chi connectivity index (χ4n) is 7.19. The number of unbranched alkanes of at least 4 members (excludes halogenated alkanes) is 9. The molecule has 0 saturated carbocycles. The van der Waals surface area contributed by atoms with E-state index in [0.717, 1.165) is 50.9 Å². The largest absolute Gasteiger partial charge is 0.371 e. The summed E-state index contributed by atoms with van der Waals surface area (Å²) in [7, 11) is -2.55. The third-order valence-electron chi connectivity index (χ3n) is 9.68. The highest BCUT2D eigenvalue weighted by molar-refractivity contribution is 7.39. The van der Waals surface area contributed by atoms with E-state index in [4.69, 9.17) is 18.7 Å². The maximum Gasteiger partial charge on any atom is 0.329 e. The van der Waals surface area contributed by atoms with Crippen molar-refractivity contribution in [1.29, 1.82) is 0 Å². The molecule has 3 heterocycles. The minimum atomic E-state index is -2.55. The van der Waals surface area contributed by atoms with E-state index in [1.165, 1.54) is 70.6 Å². The zero-order valence-corrected chi connectivity index (χ0v) is 27.4. The van der Waals surface area contributed by atoms with Crippen molar-refractivity contribution in [3.63, 3.8) is 0 Å². The summed E-state index contributed by atoms with van der Waals surface area (Å²) in [6, 6.07) is 0. The van der Waals surface area contributed by atoms with Gasteiger partial charge < -0.3 is 24.0 Å². The first kappa shape index (κ1) is 35.2. The van der Waals surface area contributed by atoms with E-state index >= 15 is 0 Å². The second-order valence-electron chi connectivity index (χ2n) is 13.0. The predicted octanol–water partition coefficient (Wildman–Crippen LogP) is 9.30. The Morgan fingerprint density at radius 2 is 1.24 bits per heavy atom. The van der Waals surface area contributed by atoms with Gasteiger partial charge in [0.1, 0.15) is 5.60 Å². The topological polar surface area (TPSA) is 77.4 Å². The Morgan fingerprint density at radius 3 is 1.71 bits per heavy atom. The van der Waals surface area contributed by atoms with Crippen molar-refractivity contribution < 1.29 is 28.5 Å². The molecule has 0 spiro atoms. The van der Waals surface area contributed by atoms with Crippen LogP contribution in [0.15, 0.2) is 24.3 Å². The monoisotopic (exact) mass is 596 g/mol. The second kappa shape index (κ2) is 18.5. The zero-order chi connectivity index (χ0) is 29.4.